The van der Waals surface area contributed by atoms with E-state index in [2.05, 4.69) is 31.4 Å². The minimum absolute atomic E-state index is 0. The summed E-state index contributed by atoms with van der Waals surface area (Å²) in [5, 5.41) is 8.29. The maximum absolute atomic E-state index is 12.8. The molecule has 2 aromatic rings. The Hall–Kier alpha value is -2.01. The van der Waals surface area contributed by atoms with Gasteiger partial charge in [0.1, 0.15) is 0 Å². The lowest BCUT2D eigenvalue weighted by Gasteiger charge is -2.36. The number of piperazine rings is 1. The number of halogens is 2. The summed E-state index contributed by atoms with van der Waals surface area (Å²) in [6.45, 7) is 5.15. The van der Waals surface area contributed by atoms with Crippen molar-refractivity contribution in [3.05, 3.63) is 47.2 Å². The molecule has 3 heterocycles. The number of nitrogens with one attached hydrogen (secondary N) is 1. The largest absolute Gasteiger partial charge is 0.368 e. The molecule has 8 nitrogen and oxygen atoms in total. The highest BCUT2D eigenvalue weighted by Crippen LogP contribution is 2.26. The number of benzene rings is 1. The fourth-order valence-corrected chi connectivity index (χ4v) is 4.47. The highest BCUT2D eigenvalue weighted by atomic mass is 127. The van der Waals surface area contributed by atoms with Crippen molar-refractivity contribution in [1.29, 1.82) is 0 Å². The Morgan fingerprint density at radius 1 is 1.16 bits per heavy atom. The molecule has 10 heteroatoms. The summed E-state index contributed by atoms with van der Waals surface area (Å²) in [6, 6.07) is 7.86. The zero-order valence-corrected chi connectivity index (χ0v) is 21.7. The molecule has 0 aliphatic carbocycles. The molecule has 2 saturated heterocycles. The number of amides is 1. The second kappa shape index (κ2) is 11.2. The summed E-state index contributed by atoms with van der Waals surface area (Å²) in [6.07, 6.45) is 5.09. The van der Waals surface area contributed by atoms with Gasteiger partial charge in [-0.05, 0) is 36.2 Å². The number of nitrogens with zero attached hydrogens (tertiary/aromatic N) is 6. The number of hydrogen-bond donors (Lipinski definition) is 1. The lowest BCUT2D eigenvalue weighted by molar-refractivity contribution is -0.130. The van der Waals surface area contributed by atoms with Gasteiger partial charge in [0.2, 0.25) is 5.91 Å². The third-order valence-corrected chi connectivity index (χ3v) is 6.37. The van der Waals surface area contributed by atoms with E-state index >= 15 is 0 Å². The van der Waals surface area contributed by atoms with E-state index in [9.17, 15) is 4.79 Å². The Kier molecular flexibility index (Phi) is 8.64. The van der Waals surface area contributed by atoms with Crippen molar-refractivity contribution in [3.63, 3.8) is 0 Å². The molecule has 1 N–H and O–H groups in total. The first-order valence-corrected chi connectivity index (χ1v) is 11.1. The molecule has 174 valence electrons. The number of guanidine groups is 1. The Labute approximate surface area is 211 Å². The second-order valence-corrected chi connectivity index (χ2v) is 8.56. The van der Waals surface area contributed by atoms with Gasteiger partial charge in [0.15, 0.2) is 5.96 Å². The molecular weight excluding hydrogens is 541 g/mol. The van der Waals surface area contributed by atoms with Gasteiger partial charge in [0, 0.05) is 76.2 Å². The van der Waals surface area contributed by atoms with Crippen molar-refractivity contribution >= 4 is 53.1 Å². The molecule has 1 amide bonds. The summed E-state index contributed by atoms with van der Waals surface area (Å²) in [5.41, 5.74) is 2.40. The molecule has 1 atom stereocenters. The maximum atomic E-state index is 12.8. The highest BCUT2D eigenvalue weighted by Gasteiger charge is 2.28. The van der Waals surface area contributed by atoms with Crippen LogP contribution in [0.15, 0.2) is 41.7 Å². The van der Waals surface area contributed by atoms with Crippen molar-refractivity contribution in [2.24, 2.45) is 12.0 Å². The predicted octanol–water partition coefficient (Wildman–Crippen LogP) is 2.41. The maximum Gasteiger partial charge on any atom is 0.242 e. The summed E-state index contributed by atoms with van der Waals surface area (Å²) in [7, 11) is 3.71. The van der Waals surface area contributed by atoms with Crippen LogP contribution in [0.25, 0.3) is 0 Å². The molecule has 2 aliphatic heterocycles. The Bertz CT molecular complexity index is 925. The summed E-state index contributed by atoms with van der Waals surface area (Å²) >= 11 is 5.98. The molecule has 4 rings (SSSR count). The van der Waals surface area contributed by atoms with E-state index in [1.54, 1.807) is 7.05 Å². The van der Waals surface area contributed by atoms with Gasteiger partial charge in [-0.25, -0.2) is 0 Å². The lowest BCUT2D eigenvalue weighted by atomic mass is 10.0. The van der Waals surface area contributed by atoms with E-state index in [-0.39, 0.29) is 36.4 Å². The quantitative estimate of drug-likeness (QED) is 0.347. The van der Waals surface area contributed by atoms with E-state index in [1.807, 2.05) is 47.1 Å². The van der Waals surface area contributed by atoms with Crippen molar-refractivity contribution in [2.75, 3.05) is 57.8 Å². The average molecular weight is 572 g/mol. The van der Waals surface area contributed by atoms with Crippen LogP contribution in [0.3, 0.4) is 0 Å². The molecule has 0 radical (unpaired) electrons. The van der Waals surface area contributed by atoms with Crippen molar-refractivity contribution < 1.29 is 4.79 Å². The van der Waals surface area contributed by atoms with E-state index in [0.717, 1.165) is 49.3 Å². The minimum Gasteiger partial charge on any atom is -0.368 e. The average Bonchev–Trinajstić information content (AvgIpc) is 3.44. The molecule has 1 aromatic carbocycles. The monoisotopic (exact) mass is 571 g/mol. The van der Waals surface area contributed by atoms with Crippen molar-refractivity contribution in [3.8, 4) is 0 Å². The Balaban J connectivity index is 0.00000289. The van der Waals surface area contributed by atoms with Crippen LogP contribution in [0.2, 0.25) is 5.02 Å². The van der Waals surface area contributed by atoms with E-state index in [4.69, 9.17) is 11.6 Å². The lowest BCUT2D eigenvalue weighted by Crippen LogP contribution is -2.52. The first-order valence-electron chi connectivity index (χ1n) is 10.8. The number of rotatable bonds is 4. The first kappa shape index (κ1) is 24.6. The van der Waals surface area contributed by atoms with Crippen molar-refractivity contribution in [1.82, 2.24) is 24.9 Å². The number of hydrogen-bond acceptors (Lipinski definition) is 4. The molecule has 2 fully saturated rings. The number of aliphatic imine (C=N–C) groups is 1. The number of carbonyl (C=O) groups is 1. The Morgan fingerprint density at radius 2 is 1.88 bits per heavy atom. The Morgan fingerprint density at radius 3 is 2.50 bits per heavy atom. The number of anilines is 1. The molecule has 1 aromatic heterocycles. The minimum atomic E-state index is 0. The van der Waals surface area contributed by atoms with Gasteiger partial charge in [0.25, 0.3) is 0 Å². The fraction of sp³-hybridized carbons (Fsp3) is 0.500. The summed E-state index contributed by atoms with van der Waals surface area (Å²) in [4.78, 5) is 23.6. The number of aromatic nitrogens is 2. The third kappa shape index (κ3) is 5.86. The molecule has 2 aliphatic rings. The van der Waals surface area contributed by atoms with Gasteiger partial charge in [-0.1, -0.05) is 11.6 Å². The van der Waals surface area contributed by atoms with Crippen LogP contribution in [-0.2, 0) is 11.8 Å². The zero-order valence-electron chi connectivity index (χ0n) is 18.6. The number of aryl methyl sites for hydroxylation is 1. The summed E-state index contributed by atoms with van der Waals surface area (Å²) < 4.78 is 1.84. The van der Waals surface area contributed by atoms with E-state index < -0.39 is 0 Å². The van der Waals surface area contributed by atoms with E-state index in [0.29, 0.717) is 19.0 Å². The van der Waals surface area contributed by atoms with Gasteiger partial charge >= 0.3 is 0 Å². The normalized spacial score (nSPS) is 19.2. The van der Waals surface area contributed by atoms with Crippen LogP contribution < -0.4 is 10.2 Å². The van der Waals surface area contributed by atoms with Gasteiger partial charge in [0.05, 0.1) is 12.7 Å². The van der Waals surface area contributed by atoms with Crippen molar-refractivity contribution in [2.45, 2.75) is 12.3 Å². The highest BCUT2D eigenvalue weighted by molar-refractivity contribution is 14.0. The smallest absolute Gasteiger partial charge is 0.242 e. The standard InChI is InChI=1S/C22H30ClN7O.HI/c1-24-22(30-8-7-17(16-30)18-13-26-27(2)15-18)25-14-21(31)29-11-9-28(10-12-29)20-5-3-19(23)4-6-20;/h3-6,13,15,17H,7-12,14,16H2,1-2H3,(H,24,25);1H. The van der Waals surface area contributed by atoms with Crippen LogP contribution >= 0.6 is 35.6 Å². The number of carbonyl (C=O) groups excluding carboxylic acids is 1. The third-order valence-electron chi connectivity index (χ3n) is 6.12. The molecule has 0 spiro atoms. The topological polar surface area (TPSA) is 69.0 Å². The summed E-state index contributed by atoms with van der Waals surface area (Å²) in [5.74, 6) is 1.35. The fourth-order valence-electron chi connectivity index (χ4n) is 4.34. The number of likely N-dealkylation sites (tertiary alicyclic amines) is 1. The molecule has 1 unspecified atom stereocenters. The second-order valence-electron chi connectivity index (χ2n) is 8.12. The van der Waals surface area contributed by atoms with Crippen LogP contribution in [0, 0.1) is 0 Å². The molecule has 32 heavy (non-hydrogen) atoms. The molecule has 0 saturated carbocycles. The molecular formula is C22H31ClIN7O. The van der Waals surface area contributed by atoms with Crippen LogP contribution in [0.5, 0.6) is 0 Å². The van der Waals surface area contributed by atoms with Crippen LogP contribution in [0.4, 0.5) is 5.69 Å². The van der Waals surface area contributed by atoms with Gasteiger partial charge < -0.3 is 20.0 Å². The van der Waals surface area contributed by atoms with Crippen LogP contribution in [0.1, 0.15) is 17.9 Å². The zero-order chi connectivity index (χ0) is 21.8. The van der Waals surface area contributed by atoms with E-state index in [1.165, 1.54) is 5.56 Å². The molecule has 0 bridgehead atoms. The van der Waals surface area contributed by atoms with Gasteiger partial charge in [-0.2, -0.15) is 5.10 Å². The van der Waals surface area contributed by atoms with Crippen LogP contribution in [-0.4, -0.2) is 84.3 Å². The first-order chi connectivity index (χ1) is 15.0. The van der Waals surface area contributed by atoms with Gasteiger partial charge in [-0.15, -0.1) is 24.0 Å². The predicted molar refractivity (Wildman–Crippen MR) is 139 cm³/mol. The van der Waals surface area contributed by atoms with Gasteiger partial charge in [-0.3, -0.25) is 14.5 Å². The SMILES string of the molecule is CN=C(NCC(=O)N1CCN(c2ccc(Cl)cc2)CC1)N1CCC(c2cnn(C)c2)C1.I.